The van der Waals surface area contributed by atoms with Gasteiger partial charge >= 0.3 is 24.3 Å². The minimum absolute atomic E-state index is 0.0969. The van der Waals surface area contributed by atoms with E-state index < -0.39 is 74.0 Å². The highest BCUT2D eigenvalue weighted by atomic mass is 19.4. The molecule has 0 fully saturated rings. The Morgan fingerprint density at radius 1 is 0.824 bits per heavy atom. The van der Waals surface area contributed by atoms with Crippen molar-refractivity contribution in [2.75, 3.05) is 14.2 Å². The Labute approximate surface area is 196 Å². The van der Waals surface area contributed by atoms with Gasteiger partial charge in [0.1, 0.15) is 0 Å². The van der Waals surface area contributed by atoms with E-state index in [0.29, 0.717) is 12.0 Å². The molecule has 0 rings (SSSR count). The van der Waals surface area contributed by atoms with Crippen molar-refractivity contribution in [3.8, 4) is 0 Å². The van der Waals surface area contributed by atoms with Crippen molar-refractivity contribution in [3.63, 3.8) is 0 Å². The lowest BCUT2D eigenvalue weighted by Gasteiger charge is -2.22. The molecule has 0 aliphatic carbocycles. The predicted octanol–water partition coefficient (Wildman–Crippen LogP) is 4.97. The van der Waals surface area contributed by atoms with Crippen LogP contribution in [0.2, 0.25) is 0 Å². The highest BCUT2D eigenvalue weighted by Crippen LogP contribution is 2.27. The number of hydrogen-bond donors (Lipinski definition) is 2. The Morgan fingerprint density at radius 3 is 1.47 bits per heavy atom. The summed E-state index contributed by atoms with van der Waals surface area (Å²) in [6.07, 6.45) is -14.1. The minimum atomic E-state index is -4.34. The van der Waals surface area contributed by atoms with Crippen LogP contribution in [0.4, 0.5) is 26.3 Å². The second-order valence-electron chi connectivity index (χ2n) is 8.49. The van der Waals surface area contributed by atoms with Gasteiger partial charge in [-0.25, -0.2) is 0 Å². The van der Waals surface area contributed by atoms with Gasteiger partial charge < -0.3 is 19.7 Å². The van der Waals surface area contributed by atoms with Gasteiger partial charge in [0.2, 0.25) is 0 Å². The van der Waals surface area contributed by atoms with Gasteiger partial charge in [0.05, 0.1) is 38.3 Å². The number of carbonyl (C=O) groups excluding carboxylic acids is 2. The minimum Gasteiger partial charge on any atom is -0.469 e. The van der Waals surface area contributed by atoms with Gasteiger partial charge in [-0.2, -0.15) is 26.3 Å². The predicted molar refractivity (Wildman–Crippen MR) is 112 cm³/mol. The second kappa shape index (κ2) is 16.0. The molecule has 12 heteroatoms. The van der Waals surface area contributed by atoms with Crippen molar-refractivity contribution >= 4 is 11.9 Å². The third-order valence-electron chi connectivity index (χ3n) is 4.68. The van der Waals surface area contributed by atoms with E-state index in [0.717, 1.165) is 14.2 Å². The summed E-state index contributed by atoms with van der Waals surface area (Å²) >= 11 is 0. The van der Waals surface area contributed by atoms with E-state index in [1.165, 1.54) is 0 Å². The van der Waals surface area contributed by atoms with E-state index in [9.17, 15) is 46.1 Å². The summed E-state index contributed by atoms with van der Waals surface area (Å²) in [6, 6.07) is 0. The molecule has 34 heavy (non-hydrogen) atoms. The smallest absolute Gasteiger partial charge is 0.389 e. The second-order valence-corrected chi connectivity index (χ2v) is 8.49. The van der Waals surface area contributed by atoms with Crippen molar-refractivity contribution < 1.29 is 55.6 Å². The zero-order valence-corrected chi connectivity index (χ0v) is 20.1. The van der Waals surface area contributed by atoms with Crippen LogP contribution < -0.4 is 0 Å². The fourth-order valence-corrected chi connectivity index (χ4v) is 3.00. The van der Waals surface area contributed by atoms with Crippen LogP contribution >= 0.6 is 0 Å². The molecular formula is C22H36F6O6. The van der Waals surface area contributed by atoms with Gasteiger partial charge in [0.25, 0.3) is 0 Å². The molecule has 0 aromatic heterocycles. The molecule has 0 unspecified atom stereocenters. The third kappa shape index (κ3) is 17.6. The van der Waals surface area contributed by atoms with E-state index in [4.69, 9.17) is 0 Å². The monoisotopic (exact) mass is 510 g/mol. The lowest BCUT2D eigenvalue weighted by Crippen LogP contribution is -2.31. The van der Waals surface area contributed by atoms with Crippen LogP contribution in [0, 0.1) is 17.8 Å². The summed E-state index contributed by atoms with van der Waals surface area (Å²) in [7, 11) is 2.29. The molecule has 2 N–H and O–H groups in total. The maximum atomic E-state index is 12.0. The molecular weight excluding hydrogens is 474 g/mol. The number of esters is 2. The van der Waals surface area contributed by atoms with E-state index in [2.05, 4.69) is 16.1 Å². The zero-order chi connectivity index (χ0) is 27.3. The summed E-state index contributed by atoms with van der Waals surface area (Å²) < 4.78 is 80.9. The lowest BCUT2D eigenvalue weighted by atomic mass is 9.90. The molecule has 0 amide bonds. The van der Waals surface area contributed by atoms with Crippen LogP contribution in [0.5, 0.6) is 0 Å². The Morgan fingerprint density at radius 2 is 1.18 bits per heavy atom. The highest BCUT2D eigenvalue weighted by molar-refractivity contribution is 5.73. The Bertz CT molecular complexity index is 618. The molecule has 0 saturated carbocycles. The molecule has 6 nitrogen and oxygen atoms in total. The molecule has 0 aromatic rings. The summed E-state index contributed by atoms with van der Waals surface area (Å²) in [5.74, 6) is -3.15. The average Bonchev–Trinajstić information content (AvgIpc) is 2.70. The number of halogens is 6. The Hall–Kier alpha value is -1.82. The topological polar surface area (TPSA) is 93.1 Å². The highest BCUT2D eigenvalue weighted by Gasteiger charge is 2.34. The quantitative estimate of drug-likeness (QED) is 0.219. The van der Waals surface area contributed by atoms with Gasteiger partial charge in [0, 0.05) is 12.8 Å². The number of methoxy groups -OCH3 is 2. The molecule has 0 aliphatic heterocycles. The van der Waals surface area contributed by atoms with Crippen LogP contribution in [-0.4, -0.2) is 60.9 Å². The molecule has 0 spiro atoms. The summed E-state index contributed by atoms with van der Waals surface area (Å²) in [4.78, 5) is 22.7. The van der Waals surface area contributed by atoms with E-state index in [1.54, 1.807) is 6.92 Å². The molecule has 4 atom stereocenters. The van der Waals surface area contributed by atoms with Crippen molar-refractivity contribution in [1.29, 1.82) is 0 Å². The normalized spacial score (nSPS) is 15.5. The first kappa shape index (κ1) is 34.3. The molecule has 0 heterocycles. The fourth-order valence-electron chi connectivity index (χ4n) is 3.00. The van der Waals surface area contributed by atoms with Crippen molar-refractivity contribution in [2.45, 2.75) is 83.9 Å². The number of aliphatic hydroxyl groups excluding tert-OH is 2. The number of carbonyl (C=O) groups is 2. The number of alkyl halides is 6. The number of hydrogen-bond acceptors (Lipinski definition) is 6. The maximum Gasteiger partial charge on any atom is 0.389 e. The van der Waals surface area contributed by atoms with Gasteiger partial charge in [-0.15, -0.1) is 6.58 Å². The molecule has 0 aromatic carbocycles. The van der Waals surface area contributed by atoms with Crippen molar-refractivity contribution in [2.24, 2.45) is 17.8 Å². The summed E-state index contributed by atoms with van der Waals surface area (Å²) in [6.45, 7) is 8.84. The first-order chi connectivity index (χ1) is 15.3. The largest absolute Gasteiger partial charge is 0.469 e. The summed E-state index contributed by atoms with van der Waals surface area (Å²) in [5.41, 5.74) is 0.603. The zero-order valence-electron chi connectivity index (χ0n) is 20.1. The molecule has 0 aliphatic rings. The molecule has 0 radical (unpaired) electrons. The van der Waals surface area contributed by atoms with Crippen LogP contribution in [0.15, 0.2) is 12.2 Å². The SMILES string of the molecule is C=C(C)C[C@@H](C(=O)OC)[C@H](O)CCC(F)(F)F.COC(=O)[C@H](CC(C)C)[C@H](O)CCC(F)(F)F. The Balaban J connectivity index is 0. The third-order valence-corrected chi connectivity index (χ3v) is 4.68. The number of rotatable bonds is 12. The van der Waals surface area contributed by atoms with Gasteiger partial charge in [-0.3, -0.25) is 9.59 Å². The van der Waals surface area contributed by atoms with Crippen LogP contribution in [0.1, 0.15) is 59.3 Å². The van der Waals surface area contributed by atoms with Gasteiger partial charge in [-0.05, 0) is 38.5 Å². The van der Waals surface area contributed by atoms with Crippen LogP contribution in [-0.2, 0) is 19.1 Å². The van der Waals surface area contributed by atoms with E-state index in [-0.39, 0.29) is 12.3 Å². The lowest BCUT2D eigenvalue weighted by molar-refractivity contribution is -0.156. The first-order valence-electron chi connectivity index (χ1n) is 10.6. The number of aliphatic hydroxyl groups is 2. The number of ether oxygens (including phenoxy) is 2. The Kier molecular flexibility index (Phi) is 16.1. The average molecular weight is 511 g/mol. The van der Waals surface area contributed by atoms with Gasteiger partial charge in [0.15, 0.2) is 0 Å². The van der Waals surface area contributed by atoms with E-state index >= 15 is 0 Å². The van der Waals surface area contributed by atoms with E-state index in [1.807, 2.05) is 13.8 Å². The van der Waals surface area contributed by atoms with Crippen LogP contribution in [0.3, 0.4) is 0 Å². The first-order valence-corrected chi connectivity index (χ1v) is 10.6. The molecule has 202 valence electrons. The van der Waals surface area contributed by atoms with Crippen molar-refractivity contribution in [1.82, 2.24) is 0 Å². The molecule has 0 bridgehead atoms. The summed E-state index contributed by atoms with van der Waals surface area (Å²) in [5, 5.41) is 19.2. The van der Waals surface area contributed by atoms with Crippen LogP contribution in [0.25, 0.3) is 0 Å². The number of allylic oxidation sites excluding steroid dienone is 1. The standard InChI is InChI=1S/C11H19F3O3.C11H17F3O3/c2*1-7(2)6-8(10(16)17-3)9(15)4-5-11(12,13)14/h7-9,15H,4-6H2,1-3H3;8-9,15H,1,4-6H2,2-3H3/t2*8-,9-/m11/s1. The maximum absolute atomic E-state index is 12.0. The molecule has 0 saturated heterocycles. The van der Waals surface area contributed by atoms with Crippen molar-refractivity contribution in [3.05, 3.63) is 12.2 Å². The fraction of sp³-hybridized carbons (Fsp3) is 0.818. The van der Waals surface area contributed by atoms with Gasteiger partial charge in [-0.1, -0.05) is 19.4 Å².